The fourth-order valence-electron chi connectivity index (χ4n) is 2.62. The first-order chi connectivity index (χ1) is 13.1. The number of nitrogens with one attached hydrogen (secondary N) is 1. The zero-order valence-electron chi connectivity index (χ0n) is 14.3. The largest absolute Gasteiger partial charge is 0.495 e. The van der Waals surface area contributed by atoms with Crippen LogP contribution >= 0.6 is 22.9 Å². The summed E-state index contributed by atoms with van der Waals surface area (Å²) in [5, 5.41) is 5.60. The molecule has 1 amide bonds. The van der Waals surface area contributed by atoms with E-state index in [0.29, 0.717) is 33.1 Å². The molecule has 0 bridgehead atoms. The standard InChI is InChI=1S/C19H15ClN2O4S/c1-24-14-7-6-11(8-12(14)20)13-10-27-19(21-13)22-18(23)17-9-25-15-4-2-3-5-16(15)26-17/h2-8,10,17H,9H2,1H3,(H,21,22,23). The third-order valence-electron chi connectivity index (χ3n) is 3.98. The number of anilines is 1. The molecule has 0 fully saturated rings. The minimum absolute atomic E-state index is 0.148. The fraction of sp³-hybridized carbons (Fsp3) is 0.158. The minimum atomic E-state index is -0.734. The lowest BCUT2D eigenvalue weighted by atomic mass is 10.2. The molecule has 6 nitrogen and oxygen atoms in total. The van der Waals surface area contributed by atoms with Gasteiger partial charge in [-0.2, -0.15) is 0 Å². The summed E-state index contributed by atoms with van der Waals surface area (Å²) in [5.41, 5.74) is 1.55. The highest BCUT2D eigenvalue weighted by atomic mass is 35.5. The number of rotatable bonds is 4. The molecule has 2 aromatic carbocycles. The van der Waals surface area contributed by atoms with Gasteiger partial charge in [0.2, 0.25) is 6.10 Å². The Bertz CT molecular complexity index is 991. The predicted octanol–water partition coefficient (Wildman–Crippen LogP) is 4.25. The maximum Gasteiger partial charge on any atom is 0.270 e. The molecule has 1 aliphatic rings. The van der Waals surface area contributed by atoms with Crippen molar-refractivity contribution >= 4 is 34.0 Å². The van der Waals surface area contributed by atoms with E-state index in [9.17, 15) is 4.79 Å². The lowest BCUT2D eigenvalue weighted by molar-refractivity contribution is -0.125. The van der Waals surface area contributed by atoms with Crippen molar-refractivity contribution in [2.45, 2.75) is 6.10 Å². The number of hydrogen-bond acceptors (Lipinski definition) is 6. The van der Waals surface area contributed by atoms with Crippen molar-refractivity contribution in [1.29, 1.82) is 0 Å². The Kier molecular flexibility index (Phi) is 4.87. The molecule has 138 valence electrons. The van der Waals surface area contributed by atoms with Gasteiger partial charge in [0.25, 0.3) is 5.91 Å². The molecule has 0 aliphatic carbocycles. The first-order valence-corrected chi connectivity index (χ1v) is 9.38. The molecular formula is C19H15ClN2O4S. The summed E-state index contributed by atoms with van der Waals surface area (Å²) in [5.74, 6) is 1.48. The highest BCUT2D eigenvalue weighted by Crippen LogP contribution is 2.33. The Morgan fingerprint density at radius 2 is 2.11 bits per heavy atom. The van der Waals surface area contributed by atoms with Crippen LogP contribution in [0.5, 0.6) is 17.2 Å². The highest BCUT2D eigenvalue weighted by molar-refractivity contribution is 7.14. The van der Waals surface area contributed by atoms with E-state index >= 15 is 0 Å². The second-order valence-corrected chi connectivity index (χ2v) is 7.01. The zero-order valence-corrected chi connectivity index (χ0v) is 15.8. The van der Waals surface area contributed by atoms with Gasteiger partial charge in [-0.1, -0.05) is 23.7 Å². The zero-order chi connectivity index (χ0) is 18.8. The summed E-state index contributed by atoms with van der Waals surface area (Å²) in [6.45, 7) is 0.148. The minimum Gasteiger partial charge on any atom is -0.495 e. The van der Waals surface area contributed by atoms with Crippen LogP contribution in [0.2, 0.25) is 5.02 Å². The maximum atomic E-state index is 12.5. The van der Waals surface area contributed by atoms with E-state index in [4.69, 9.17) is 25.8 Å². The monoisotopic (exact) mass is 402 g/mol. The van der Waals surface area contributed by atoms with Crippen molar-refractivity contribution < 1.29 is 19.0 Å². The highest BCUT2D eigenvalue weighted by Gasteiger charge is 2.27. The maximum absolute atomic E-state index is 12.5. The fourth-order valence-corrected chi connectivity index (χ4v) is 3.60. The van der Waals surface area contributed by atoms with Crippen molar-refractivity contribution in [1.82, 2.24) is 4.98 Å². The quantitative estimate of drug-likeness (QED) is 0.706. The van der Waals surface area contributed by atoms with E-state index in [-0.39, 0.29) is 12.5 Å². The number of para-hydroxylation sites is 2. The average Bonchev–Trinajstić information content (AvgIpc) is 3.16. The average molecular weight is 403 g/mol. The van der Waals surface area contributed by atoms with Crippen LogP contribution in [0.25, 0.3) is 11.3 Å². The number of thiazole rings is 1. The Hall–Kier alpha value is -2.77. The Balaban J connectivity index is 1.45. The molecule has 1 unspecified atom stereocenters. The Labute approximate surface area is 164 Å². The number of nitrogens with zero attached hydrogens (tertiary/aromatic N) is 1. The number of carbonyl (C=O) groups excluding carboxylic acids is 1. The van der Waals surface area contributed by atoms with E-state index < -0.39 is 6.10 Å². The molecule has 3 aromatic rings. The number of benzene rings is 2. The molecular weight excluding hydrogens is 388 g/mol. The lowest BCUT2D eigenvalue weighted by Crippen LogP contribution is -2.40. The second kappa shape index (κ2) is 7.46. The van der Waals surface area contributed by atoms with Gasteiger partial charge in [0.1, 0.15) is 12.4 Å². The normalized spacial score (nSPS) is 15.3. The number of hydrogen-bond donors (Lipinski definition) is 1. The van der Waals surface area contributed by atoms with Crippen LogP contribution < -0.4 is 19.5 Å². The summed E-state index contributed by atoms with van der Waals surface area (Å²) in [4.78, 5) is 16.9. The SMILES string of the molecule is COc1ccc(-c2csc(NC(=O)C3COc4ccccc4O3)n2)cc1Cl. The van der Waals surface area contributed by atoms with Crippen LogP contribution in [-0.4, -0.2) is 30.7 Å². The number of fused-ring (bicyclic) bond motifs is 1. The number of halogens is 1. The van der Waals surface area contributed by atoms with E-state index in [1.165, 1.54) is 11.3 Å². The van der Waals surface area contributed by atoms with Gasteiger partial charge in [-0.15, -0.1) is 11.3 Å². The number of ether oxygens (including phenoxy) is 3. The van der Waals surface area contributed by atoms with Crippen molar-refractivity contribution in [2.24, 2.45) is 0 Å². The van der Waals surface area contributed by atoms with Gasteiger partial charge in [0, 0.05) is 10.9 Å². The molecule has 0 saturated heterocycles. The number of aromatic nitrogens is 1. The van der Waals surface area contributed by atoms with Gasteiger partial charge in [0.05, 0.1) is 17.8 Å². The molecule has 1 aliphatic heterocycles. The van der Waals surface area contributed by atoms with Crippen molar-refractivity contribution in [3.8, 4) is 28.5 Å². The molecule has 1 aromatic heterocycles. The number of methoxy groups -OCH3 is 1. The molecule has 2 heterocycles. The Morgan fingerprint density at radius 3 is 2.89 bits per heavy atom. The van der Waals surface area contributed by atoms with Crippen LogP contribution in [0.1, 0.15) is 0 Å². The van der Waals surface area contributed by atoms with E-state index in [1.807, 2.05) is 23.6 Å². The number of amides is 1. The predicted molar refractivity (Wildman–Crippen MR) is 104 cm³/mol. The molecule has 0 spiro atoms. The second-order valence-electron chi connectivity index (χ2n) is 5.74. The van der Waals surface area contributed by atoms with Crippen molar-refractivity contribution in [3.05, 3.63) is 52.9 Å². The van der Waals surface area contributed by atoms with Gasteiger partial charge in [-0.3, -0.25) is 10.1 Å². The van der Waals surface area contributed by atoms with E-state index in [1.54, 1.807) is 31.4 Å². The first kappa shape index (κ1) is 17.6. The van der Waals surface area contributed by atoms with Gasteiger partial charge >= 0.3 is 0 Å². The molecule has 27 heavy (non-hydrogen) atoms. The first-order valence-electron chi connectivity index (χ1n) is 8.13. The summed E-state index contributed by atoms with van der Waals surface area (Å²) in [6.07, 6.45) is -0.734. The summed E-state index contributed by atoms with van der Waals surface area (Å²) >= 11 is 7.49. The summed E-state index contributed by atoms with van der Waals surface area (Å²) in [7, 11) is 1.56. The van der Waals surface area contributed by atoms with Gasteiger partial charge in [-0.25, -0.2) is 4.98 Å². The lowest BCUT2D eigenvalue weighted by Gasteiger charge is -2.25. The van der Waals surface area contributed by atoms with Crippen LogP contribution in [0, 0.1) is 0 Å². The topological polar surface area (TPSA) is 69.7 Å². The van der Waals surface area contributed by atoms with Crippen molar-refractivity contribution in [3.63, 3.8) is 0 Å². The third kappa shape index (κ3) is 3.70. The Morgan fingerprint density at radius 1 is 1.30 bits per heavy atom. The number of carbonyl (C=O) groups is 1. The van der Waals surface area contributed by atoms with Gasteiger partial charge in [0.15, 0.2) is 16.6 Å². The molecule has 0 saturated carbocycles. The van der Waals surface area contributed by atoms with Gasteiger partial charge in [-0.05, 0) is 30.3 Å². The molecule has 1 N–H and O–H groups in total. The smallest absolute Gasteiger partial charge is 0.270 e. The summed E-state index contributed by atoms with van der Waals surface area (Å²) < 4.78 is 16.4. The molecule has 4 rings (SSSR count). The van der Waals surface area contributed by atoms with Crippen LogP contribution in [-0.2, 0) is 4.79 Å². The molecule has 0 radical (unpaired) electrons. The van der Waals surface area contributed by atoms with E-state index in [0.717, 1.165) is 5.56 Å². The summed E-state index contributed by atoms with van der Waals surface area (Å²) in [6, 6.07) is 12.7. The van der Waals surface area contributed by atoms with E-state index in [2.05, 4.69) is 10.3 Å². The van der Waals surface area contributed by atoms with Crippen molar-refractivity contribution in [2.75, 3.05) is 19.0 Å². The third-order valence-corrected chi connectivity index (χ3v) is 5.04. The van der Waals surface area contributed by atoms with Gasteiger partial charge < -0.3 is 14.2 Å². The molecule has 8 heteroatoms. The van der Waals surface area contributed by atoms with Crippen LogP contribution in [0.4, 0.5) is 5.13 Å². The van der Waals surface area contributed by atoms with Crippen LogP contribution in [0.15, 0.2) is 47.8 Å². The molecule has 1 atom stereocenters. The van der Waals surface area contributed by atoms with Crippen LogP contribution in [0.3, 0.4) is 0 Å².